The molecule has 0 unspecified atom stereocenters. The molecule has 1 aromatic rings. The molecule has 0 aromatic heterocycles. The Labute approximate surface area is 89.0 Å². The van der Waals surface area contributed by atoms with E-state index in [-0.39, 0.29) is 5.97 Å². The van der Waals surface area contributed by atoms with Crippen molar-refractivity contribution in [3.05, 3.63) is 29.8 Å². The Morgan fingerprint density at radius 3 is 2.47 bits per heavy atom. The molecular formula is C11H14N2O2. The van der Waals surface area contributed by atoms with E-state index >= 15 is 0 Å². The summed E-state index contributed by atoms with van der Waals surface area (Å²) in [4.78, 5) is 12.5. The summed E-state index contributed by atoms with van der Waals surface area (Å²) >= 11 is 0. The number of hydrogen-bond acceptors (Lipinski definition) is 3. The molecule has 4 heteroatoms. The maximum Gasteiger partial charge on any atom is 0.308 e. The highest BCUT2D eigenvalue weighted by atomic mass is 16.5. The summed E-state index contributed by atoms with van der Waals surface area (Å²) in [6, 6.07) is 7.00. The molecular weight excluding hydrogens is 192 g/mol. The highest BCUT2D eigenvalue weighted by Gasteiger charge is 2.11. The van der Waals surface area contributed by atoms with Gasteiger partial charge in [-0.1, -0.05) is 12.1 Å². The van der Waals surface area contributed by atoms with Crippen molar-refractivity contribution >= 4 is 11.8 Å². The number of amidine groups is 1. The number of hydrogen-bond donors (Lipinski definition) is 1. The number of carbonyl (C=O) groups is 1. The smallest absolute Gasteiger partial charge is 0.308 e. The summed E-state index contributed by atoms with van der Waals surface area (Å²) < 4.78 is 5.01. The van der Waals surface area contributed by atoms with E-state index in [0.29, 0.717) is 17.1 Å². The van der Waals surface area contributed by atoms with E-state index in [9.17, 15) is 4.79 Å². The number of nitrogens with zero attached hydrogens (tertiary/aromatic N) is 1. The topological polar surface area (TPSA) is 53.4 Å². The zero-order chi connectivity index (χ0) is 11.4. The van der Waals surface area contributed by atoms with Crippen molar-refractivity contribution in [1.82, 2.24) is 4.90 Å². The van der Waals surface area contributed by atoms with Gasteiger partial charge >= 0.3 is 5.97 Å². The van der Waals surface area contributed by atoms with Crippen LogP contribution in [-0.4, -0.2) is 30.8 Å². The molecule has 1 N–H and O–H groups in total. The molecule has 0 radical (unpaired) electrons. The van der Waals surface area contributed by atoms with Crippen molar-refractivity contribution < 1.29 is 9.53 Å². The number of ether oxygens (including phenoxy) is 1. The van der Waals surface area contributed by atoms with Crippen LogP contribution in [0.15, 0.2) is 24.3 Å². The van der Waals surface area contributed by atoms with Crippen molar-refractivity contribution in [2.24, 2.45) is 0 Å². The second-order valence-corrected chi connectivity index (χ2v) is 3.33. The predicted octanol–water partition coefficient (Wildman–Crippen LogP) is 1.50. The first-order valence-corrected chi connectivity index (χ1v) is 4.56. The molecule has 15 heavy (non-hydrogen) atoms. The van der Waals surface area contributed by atoms with Crippen LogP contribution in [0.5, 0.6) is 5.75 Å². The van der Waals surface area contributed by atoms with Gasteiger partial charge in [0.05, 0.1) is 5.56 Å². The fraction of sp³-hybridized carbons (Fsp3) is 0.273. The van der Waals surface area contributed by atoms with E-state index < -0.39 is 0 Å². The van der Waals surface area contributed by atoms with Crippen LogP contribution in [0.2, 0.25) is 0 Å². The van der Waals surface area contributed by atoms with Gasteiger partial charge in [0.2, 0.25) is 0 Å². The molecule has 4 nitrogen and oxygen atoms in total. The lowest BCUT2D eigenvalue weighted by Gasteiger charge is -2.16. The summed E-state index contributed by atoms with van der Waals surface area (Å²) in [6.07, 6.45) is 0. The summed E-state index contributed by atoms with van der Waals surface area (Å²) in [5.74, 6) is 0.351. The lowest BCUT2D eigenvalue weighted by atomic mass is 10.1. The molecule has 0 aliphatic rings. The quantitative estimate of drug-likeness (QED) is 0.345. The van der Waals surface area contributed by atoms with Gasteiger partial charge < -0.3 is 9.64 Å². The van der Waals surface area contributed by atoms with Crippen LogP contribution in [0, 0.1) is 5.41 Å². The van der Waals surface area contributed by atoms with Crippen molar-refractivity contribution in [2.45, 2.75) is 6.92 Å². The number of carbonyl (C=O) groups excluding carboxylic acids is 1. The number of nitrogens with one attached hydrogen (secondary N) is 1. The highest BCUT2D eigenvalue weighted by molar-refractivity contribution is 5.99. The first kappa shape index (κ1) is 11.2. The van der Waals surface area contributed by atoms with Gasteiger partial charge in [0.25, 0.3) is 0 Å². The van der Waals surface area contributed by atoms with Crippen LogP contribution < -0.4 is 4.74 Å². The Bertz CT molecular complexity index is 386. The van der Waals surface area contributed by atoms with Crippen molar-refractivity contribution in [2.75, 3.05) is 14.1 Å². The summed E-state index contributed by atoms with van der Waals surface area (Å²) in [7, 11) is 3.54. The summed E-state index contributed by atoms with van der Waals surface area (Å²) in [5, 5.41) is 7.80. The fourth-order valence-corrected chi connectivity index (χ4v) is 1.15. The van der Waals surface area contributed by atoms with E-state index in [1.54, 1.807) is 43.3 Å². The Kier molecular flexibility index (Phi) is 3.44. The fourth-order valence-electron chi connectivity index (χ4n) is 1.15. The zero-order valence-corrected chi connectivity index (χ0v) is 9.07. The first-order chi connectivity index (χ1) is 7.02. The van der Waals surface area contributed by atoms with Crippen LogP contribution in [0.1, 0.15) is 12.5 Å². The van der Waals surface area contributed by atoms with Gasteiger partial charge in [-0.2, -0.15) is 0 Å². The molecule has 0 heterocycles. The predicted molar refractivity (Wildman–Crippen MR) is 58.3 cm³/mol. The molecule has 0 spiro atoms. The van der Waals surface area contributed by atoms with E-state index in [2.05, 4.69) is 0 Å². The third-order valence-electron chi connectivity index (χ3n) is 1.84. The van der Waals surface area contributed by atoms with Crippen LogP contribution in [-0.2, 0) is 4.79 Å². The SMILES string of the molecule is CC(=O)Oc1ccccc1C(=N)N(C)C. The van der Waals surface area contributed by atoms with Crippen LogP contribution in [0.4, 0.5) is 0 Å². The Hall–Kier alpha value is -1.84. The van der Waals surface area contributed by atoms with Gasteiger partial charge in [0, 0.05) is 21.0 Å². The number of benzene rings is 1. The van der Waals surface area contributed by atoms with Crippen molar-refractivity contribution in [1.29, 1.82) is 5.41 Å². The first-order valence-electron chi connectivity index (χ1n) is 4.56. The maximum absolute atomic E-state index is 10.9. The number of para-hydroxylation sites is 1. The Balaban J connectivity index is 3.06. The molecule has 80 valence electrons. The molecule has 0 bridgehead atoms. The van der Waals surface area contributed by atoms with E-state index in [1.165, 1.54) is 6.92 Å². The van der Waals surface area contributed by atoms with E-state index in [4.69, 9.17) is 10.1 Å². The molecule has 0 amide bonds. The molecule has 0 saturated carbocycles. The monoisotopic (exact) mass is 206 g/mol. The largest absolute Gasteiger partial charge is 0.426 e. The van der Waals surface area contributed by atoms with Gasteiger partial charge in [-0.05, 0) is 12.1 Å². The second-order valence-electron chi connectivity index (χ2n) is 3.33. The lowest BCUT2D eigenvalue weighted by molar-refractivity contribution is -0.131. The third kappa shape index (κ3) is 2.80. The van der Waals surface area contributed by atoms with Gasteiger partial charge in [-0.3, -0.25) is 10.2 Å². The average molecular weight is 206 g/mol. The zero-order valence-electron chi connectivity index (χ0n) is 9.07. The molecule has 1 rings (SSSR count). The van der Waals surface area contributed by atoms with Crippen molar-refractivity contribution in [3.8, 4) is 5.75 Å². The minimum Gasteiger partial charge on any atom is -0.426 e. The normalized spacial score (nSPS) is 9.53. The minimum absolute atomic E-state index is 0.312. The third-order valence-corrected chi connectivity index (χ3v) is 1.84. The minimum atomic E-state index is -0.381. The van der Waals surface area contributed by atoms with E-state index in [1.807, 2.05) is 0 Å². The van der Waals surface area contributed by atoms with E-state index in [0.717, 1.165) is 0 Å². The van der Waals surface area contributed by atoms with Crippen LogP contribution >= 0.6 is 0 Å². The summed E-state index contributed by atoms with van der Waals surface area (Å²) in [6.45, 7) is 1.34. The van der Waals surface area contributed by atoms with Gasteiger partial charge in [-0.25, -0.2) is 0 Å². The van der Waals surface area contributed by atoms with Gasteiger partial charge in [0.15, 0.2) is 0 Å². The maximum atomic E-state index is 10.9. The van der Waals surface area contributed by atoms with Crippen LogP contribution in [0.25, 0.3) is 0 Å². The molecule has 0 aliphatic heterocycles. The van der Waals surface area contributed by atoms with Gasteiger partial charge in [0.1, 0.15) is 11.6 Å². The molecule has 0 saturated heterocycles. The second kappa shape index (κ2) is 4.59. The molecule has 0 atom stereocenters. The van der Waals surface area contributed by atoms with Gasteiger partial charge in [-0.15, -0.1) is 0 Å². The molecule has 0 aliphatic carbocycles. The molecule has 1 aromatic carbocycles. The standard InChI is InChI=1S/C11H14N2O2/c1-8(14)15-10-7-5-4-6-9(10)11(12)13(2)3/h4-7,12H,1-3H3. The van der Waals surface area contributed by atoms with Crippen molar-refractivity contribution in [3.63, 3.8) is 0 Å². The average Bonchev–Trinajstić information content (AvgIpc) is 2.16. The lowest BCUT2D eigenvalue weighted by Crippen LogP contribution is -2.22. The summed E-state index contributed by atoms with van der Waals surface area (Å²) in [5.41, 5.74) is 0.609. The Morgan fingerprint density at radius 1 is 1.33 bits per heavy atom. The van der Waals surface area contributed by atoms with Crippen LogP contribution in [0.3, 0.4) is 0 Å². The number of esters is 1. The number of rotatable bonds is 2. The Morgan fingerprint density at radius 2 is 1.93 bits per heavy atom. The highest BCUT2D eigenvalue weighted by Crippen LogP contribution is 2.19. The molecule has 0 fully saturated rings.